The number of rotatable bonds is 3. The van der Waals surface area contributed by atoms with Crippen molar-refractivity contribution in [2.75, 3.05) is 5.32 Å². The lowest BCUT2D eigenvalue weighted by molar-refractivity contribution is -0.118. The maximum Gasteiger partial charge on any atom is 0.327 e. The molecule has 5 rings (SSSR count). The van der Waals surface area contributed by atoms with Gasteiger partial charge in [-0.15, -0.1) is 0 Å². The van der Waals surface area contributed by atoms with Gasteiger partial charge in [-0.3, -0.25) is 19.6 Å². The van der Waals surface area contributed by atoms with Crippen molar-refractivity contribution < 1.29 is 9.53 Å². The van der Waals surface area contributed by atoms with Gasteiger partial charge in [-0.25, -0.2) is 4.79 Å². The van der Waals surface area contributed by atoms with Crippen LogP contribution in [0.1, 0.15) is 43.7 Å². The molecule has 3 aromatic rings. The van der Waals surface area contributed by atoms with Crippen molar-refractivity contribution in [3.8, 4) is 11.5 Å². The highest BCUT2D eigenvalue weighted by atomic mass is 16.5. The van der Waals surface area contributed by atoms with Crippen LogP contribution >= 0.6 is 0 Å². The van der Waals surface area contributed by atoms with E-state index in [1.807, 2.05) is 68.4 Å². The predicted octanol–water partition coefficient (Wildman–Crippen LogP) is 4.06. The molecule has 2 aliphatic rings. The smallest absolute Gasteiger partial charge is 0.327 e. The first kappa shape index (κ1) is 20.1. The molecule has 0 fully saturated rings. The molecule has 0 radical (unpaired) electrons. The summed E-state index contributed by atoms with van der Waals surface area (Å²) >= 11 is 0. The first-order chi connectivity index (χ1) is 15.3. The number of ketones is 1. The number of hydrogen-bond acceptors (Lipinski definition) is 5. The zero-order valence-electron chi connectivity index (χ0n) is 17.8. The Morgan fingerprint density at radius 2 is 1.66 bits per heavy atom. The number of aromatic amines is 2. The molecule has 0 amide bonds. The molecule has 0 bridgehead atoms. The summed E-state index contributed by atoms with van der Waals surface area (Å²) in [4.78, 5) is 43.1. The zero-order chi connectivity index (χ0) is 22.5. The highest BCUT2D eigenvalue weighted by Crippen LogP contribution is 2.47. The van der Waals surface area contributed by atoms with Gasteiger partial charge >= 0.3 is 5.69 Å². The number of ether oxygens (including phenoxy) is 1. The molecule has 1 aromatic heterocycles. The van der Waals surface area contributed by atoms with E-state index in [0.29, 0.717) is 41.3 Å². The van der Waals surface area contributed by atoms with Gasteiger partial charge in [0.25, 0.3) is 5.56 Å². The number of aromatic nitrogens is 2. The van der Waals surface area contributed by atoms with Crippen molar-refractivity contribution in [1.82, 2.24) is 9.97 Å². The van der Waals surface area contributed by atoms with Crippen molar-refractivity contribution in [3.05, 3.63) is 97.8 Å². The Hall–Kier alpha value is -3.87. The van der Waals surface area contributed by atoms with E-state index in [1.165, 1.54) is 0 Å². The molecule has 7 nitrogen and oxygen atoms in total. The molecule has 0 spiro atoms. The fourth-order valence-corrected chi connectivity index (χ4v) is 4.66. The summed E-state index contributed by atoms with van der Waals surface area (Å²) in [6.07, 6.45) is 1.03. The molecule has 0 saturated carbocycles. The molecule has 32 heavy (non-hydrogen) atoms. The van der Waals surface area contributed by atoms with Crippen molar-refractivity contribution in [3.63, 3.8) is 0 Å². The number of fused-ring (bicyclic) bond motifs is 1. The molecule has 2 aromatic carbocycles. The molecular formula is C25H23N3O4. The summed E-state index contributed by atoms with van der Waals surface area (Å²) in [5.74, 6) is 1.01. The van der Waals surface area contributed by atoms with Crippen LogP contribution in [0.15, 0.2) is 75.5 Å². The monoisotopic (exact) mass is 429 g/mol. The third-order valence-electron chi connectivity index (χ3n) is 5.92. The van der Waals surface area contributed by atoms with E-state index >= 15 is 0 Å². The van der Waals surface area contributed by atoms with Gasteiger partial charge in [0.2, 0.25) is 0 Å². The van der Waals surface area contributed by atoms with E-state index < -0.39 is 17.2 Å². The fourth-order valence-electron chi connectivity index (χ4n) is 4.66. The number of hydrogen-bond donors (Lipinski definition) is 3. The third kappa shape index (κ3) is 3.56. The summed E-state index contributed by atoms with van der Waals surface area (Å²) in [5, 5.41) is 3.17. The molecule has 1 aliphatic carbocycles. The number of carbonyl (C=O) groups is 1. The van der Waals surface area contributed by atoms with Gasteiger partial charge in [0.1, 0.15) is 17.3 Å². The quantitative estimate of drug-likeness (QED) is 0.583. The van der Waals surface area contributed by atoms with Gasteiger partial charge in [-0.2, -0.15) is 0 Å². The van der Waals surface area contributed by atoms with Crippen LogP contribution in [0, 0.1) is 5.41 Å². The van der Waals surface area contributed by atoms with Crippen molar-refractivity contribution in [1.29, 1.82) is 0 Å². The predicted molar refractivity (Wildman–Crippen MR) is 121 cm³/mol. The SMILES string of the molecule is CC1(C)CC(=O)C2=C(C1)Nc1[nH]c(=O)[nH]c(=O)c1C2c1cccc(Oc2ccccc2)c1. The van der Waals surface area contributed by atoms with Gasteiger partial charge in [-0.05, 0) is 41.7 Å². The van der Waals surface area contributed by atoms with Gasteiger partial charge in [-0.1, -0.05) is 44.2 Å². The lowest BCUT2D eigenvalue weighted by Crippen LogP contribution is -2.38. The number of nitrogens with one attached hydrogen (secondary N) is 3. The van der Waals surface area contributed by atoms with E-state index in [0.717, 1.165) is 11.3 Å². The summed E-state index contributed by atoms with van der Waals surface area (Å²) in [7, 11) is 0. The second-order valence-electron chi connectivity index (χ2n) is 9.08. The fraction of sp³-hybridized carbons (Fsp3) is 0.240. The number of allylic oxidation sites excluding steroid dienone is 2. The molecular weight excluding hydrogens is 406 g/mol. The average molecular weight is 429 g/mol. The largest absolute Gasteiger partial charge is 0.457 e. The molecule has 3 N–H and O–H groups in total. The van der Waals surface area contributed by atoms with Crippen LogP contribution in [-0.2, 0) is 4.79 Å². The van der Waals surface area contributed by atoms with Crippen LogP contribution in [0.2, 0.25) is 0 Å². The number of para-hydroxylation sites is 1. The molecule has 1 atom stereocenters. The highest BCUT2D eigenvalue weighted by Gasteiger charge is 2.42. The minimum Gasteiger partial charge on any atom is -0.457 e. The number of anilines is 1. The third-order valence-corrected chi connectivity index (χ3v) is 5.92. The van der Waals surface area contributed by atoms with Crippen LogP contribution in [0.3, 0.4) is 0 Å². The van der Waals surface area contributed by atoms with Crippen LogP contribution in [0.5, 0.6) is 11.5 Å². The van der Waals surface area contributed by atoms with Gasteiger partial charge in [0.15, 0.2) is 5.78 Å². The average Bonchev–Trinajstić information content (AvgIpc) is 2.72. The van der Waals surface area contributed by atoms with Crippen LogP contribution < -0.4 is 21.3 Å². The van der Waals surface area contributed by atoms with Crippen molar-refractivity contribution in [2.45, 2.75) is 32.6 Å². The number of carbonyl (C=O) groups excluding carboxylic acids is 1. The normalized spacial score (nSPS) is 19.1. The number of H-pyrrole nitrogens is 2. The Kier molecular flexibility index (Phi) is 4.62. The Bertz CT molecular complexity index is 1370. The van der Waals surface area contributed by atoms with Gasteiger partial charge in [0.05, 0.1) is 5.56 Å². The van der Waals surface area contributed by atoms with Crippen molar-refractivity contribution >= 4 is 11.6 Å². The lowest BCUT2D eigenvalue weighted by atomic mass is 9.69. The molecule has 162 valence electrons. The van der Waals surface area contributed by atoms with E-state index in [9.17, 15) is 14.4 Å². The van der Waals surface area contributed by atoms with Gasteiger partial charge < -0.3 is 10.1 Å². The number of benzene rings is 2. The van der Waals surface area contributed by atoms with Crippen LogP contribution in [0.4, 0.5) is 5.82 Å². The molecule has 1 aliphatic heterocycles. The maximum atomic E-state index is 13.3. The van der Waals surface area contributed by atoms with E-state index in [-0.39, 0.29) is 11.2 Å². The Labute approximate surface area is 184 Å². The van der Waals surface area contributed by atoms with Crippen molar-refractivity contribution in [2.24, 2.45) is 5.41 Å². The summed E-state index contributed by atoms with van der Waals surface area (Å²) in [5.41, 5.74) is 1.08. The second-order valence-corrected chi connectivity index (χ2v) is 9.08. The first-order valence-electron chi connectivity index (χ1n) is 10.5. The molecule has 7 heteroatoms. The highest BCUT2D eigenvalue weighted by molar-refractivity contribution is 6.01. The Morgan fingerprint density at radius 3 is 2.44 bits per heavy atom. The molecule has 1 unspecified atom stereocenters. The zero-order valence-corrected chi connectivity index (χ0v) is 17.8. The second kappa shape index (κ2) is 7.37. The minimum absolute atomic E-state index is 0.000573. The van der Waals surface area contributed by atoms with Crippen LogP contribution in [0.25, 0.3) is 0 Å². The van der Waals surface area contributed by atoms with E-state index in [2.05, 4.69) is 15.3 Å². The summed E-state index contributed by atoms with van der Waals surface area (Å²) in [6.45, 7) is 4.07. The minimum atomic E-state index is -0.607. The molecule has 0 saturated heterocycles. The first-order valence-corrected chi connectivity index (χ1v) is 10.5. The topological polar surface area (TPSA) is 104 Å². The summed E-state index contributed by atoms with van der Waals surface area (Å²) in [6, 6.07) is 16.8. The maximum absolute atomic E-state index is 13.3. The van der Waals surface area contributed by atoms with E-state index in [1.54, 1.807) is 0 Å². The Balaban J connectivity index is 1.67. The lowest BCUT2D eigenvalue weighted by Gasteiger charge is -2.38. The Morgan fingerprint density at radius 1 is 0.906 bits per heavy atom. The van der Waals surface area contributed by atoms with E-state index in [4.69, 9.17) is 4.74 Å². The van der Waals surface area contributed by atoms with Crippen LogP contribution in [-0.4, -0.2) is 15.8 Å². The molecule has 2 heterocycles. The van der Waals surface area contributed by atoms with Gasteiger partial charge in [0, 0.05) is 23.6 Å². The number of Topliss-reactive ketones (excluding diaryl/α,β-unsaturated/α-hetero) is 1. The standard InChI is InChI=1S/C25H23N3O4/c1-25(2)12-17-20(18(29)13-25)19(21-22(26-17)27-24(31)28-23(21)30)14-7-6-10-16(11-14)32-15-8-4-3-5-9-15/h3-11,19H,12-13H2,1-2H3,(H3,26,27,28,30,31). The summed E-state index contributed by atoms with van der Waals surface area (Å²) < 4.78 is 5.98.